The van der Waals surface area contributed by atoms with E-state index in [1.165, 1.54) is 12.8 Å². The molecule has 4 atom stereocenters. The first-order valence-corrected chi connectivity index (χ1v) is 15.2. The lowest BCUT2D eigenvalue weighted by molar-refractivity contribution is 0.408. The number of benzene rings is 2. The fourth-order valence-electron chi connectivity index (χ4n) is 6.60. The summed E-state index contributed by atoms with van der Waals surface area (Å²) in [5.74, 6) is 4.57. The number of nitrogens with one attached hydrogen (secondary N) is 2. The molecule has 228 valence electrons. The number of piperazine rings is 2. The van der Waals surface area contributed by atoms with Crippen LogP contribution in [0.4, 0.5) is 11.4 Å². The van der Waals surface area contributed by atoms with Gasteiger partial charge in [-0.3, -0.25) is 9.97 Å². The average Bonchev–Trinajstić information content (AvgIpc) is 3.89. The van der Waals surface area contributed by atoms with Gasteiger partial charge in [-0.2, -0.15) is 0 Å². The Labute approximate surface area is 257 Å². The molecule has 0 aliphatic carbocycles. The second-order valence-electron chi connectivity index (χ2n) is 11.6. The zero-order chi connectivity index (χ0) is 29.9. The van der Waals surface area contributed by atoms with E-state index in [0.717, 1.165) is 72.1 Å². The molecule has 0 radical (unpaired) electrons. The largest absolute Gasteiger partial charge is 0.497 e. The summed E-state index contributed by atoms with van der Waals surface area (Å²) >= 11 is 0. The first-order chi connectivity index (χ1) is 21.6. The standard InChI is InChI=1S/2C17H19N3O2/c2*1-21-15-3-2-4-16(7-15)22-17-6-14(8-18-10-17)20-11-12-5-13(20)9-19-12/h2*2-4,6-8,10,12-13,19H,5,9,11H2,1H3/t2*12-,13-/m10/s1. The highest BCUT2D eigenvalue weighted by Crippen LogP contribution is 2.34. The van der Waals surface area contributed by atoms with Crippen LogP contribution in [-0.2, 0) is 0 Å². The highest BCUT2D eigenvalue weighted by molar-refractivity contribution is 5.53. The quantitative estimate of drug-likeness (QED) is 0.295. The van der Waals surface area contributed by atoms with Crippen molar-refractivity contribution in [3.05, 3.63) is 85.5 Å². The average molecular weight is 595 g/mol. The van der Waals surface area contributed by atoms with Gasteiger partial charge in [-0.05, 0) is 37.1 Å². The molecule has 8 rings (SSSR count). The zero-order valence-corrected chi connectivity index (χ0v) is 25.1. The maximum Gasteiger partial charge on any atom is 0.147 e. The number of fused-ring (bicyclic) bond motifs is 4. The van der Waals surface area contributed by atoms with Crippen LogP contribution in [0.15, 0.2) is 85.5 Å². The van der Waals surface area contributed by atoms with Crippen LogP contribution in [0.5, 0.6) is 34.5 Å². The molecule has 4 bridgehead atoms. The van der Waals surface area contributed by atoms with E-state index in [0.29, 0.717) is 24.2 Å². The SMILES string of the molecule is COc1cccc(Oc2cncc(N3C[C@@H]4C[C@H]3CN4)c2)c1.COc1cccc(Oc2cncc(N3C[C@H]4C[C@@H]3CN4)c2)c1. The summed E-state index contributed by atoms with van der Waals surface area (Å²) in [5.41, 5.74) is 2.27. The van der Waals surface area contributed by atoms with Crippen LogP contribution in [0.3, 0.4) is 0 Å². The molecule has 2 aromatic carbocycles. The number of hydrogen-bond acceptors (Lipinski definition) is 10. The maximum atomic E-state index is 5.92. The number of hydrogen-bond donors (Lipinski definition) is 2. The van der Waals surface area contributed by atoms with Crippen LogP contribution < -0.4 is 39.4 Å². The molecule has 0 spiro atoms. The van der Waals surface area contributed by atoms with Crippen molar-refractivity contribution < 1.29 is 18.9 Å². The Hall–Kier alpha value is -4.54. The normalized spacial score (nSPS) is 22.9. The van der Waals surface area contributed by atoms with Crippen molar-refractivity contribution >= 4 is 11.4 Å². The predicted octanol–water partition coefficient (Wildman–Crippen LogP) is 4.87. The topological polar surface area (TPSA) is 93.2 Å². The summed E-state index contributed by atoms with van der Waals surface area (Å²) in [4.78, 5) is 13.5. The van der Waals surface area contributed by atoms with E-state index in [2.05, 4.69) is 42.5 Å². The van der Waals surface area contributed by atoms with Crippen LogP contribution in [0.1, 0.15) is 12.8 Å². The molecule has 0 amide bonds. The molecule has 4 aliphatic heterocycles. The summed E-state index contributed by atoms with van der Waals surface area (Å²) in [6.45, 7) is 4.22. The van der Waals surface area contributed by atoms with E-state index in [1.807, 2.05) is 60.9 Å². The number of rotatable bonds is 8. The molecule has 4 aromatic rings. The van der Waals surface area contributed by atoms with E-state index in [4.69, 9.17) is 18.9 Å². The number of ether oxygens (including phenoxy) is 4. The molecule has 6 heterocycles. The lowest BCUT2D eigenvalue weighted by atomic mass is 10.2. The van der Waals surface area contributed by atoms with E-state index in [9.17, 15) is 0 Å². The molecule has 2 aromatic heterocycles. The summed E-state index contributed by atoms with van der Waals surface area (Å²) < 4.78 is 22.3. The van der Waals surface area contributed by atoms with Crippen LogP contribution in [0.25, 0.3) is 0 Å². The number of nitrogens with zero attached hydrogens (tertiary/aromatic N) is 4. The Morgan fingerprint density at radius 2 is 1.05 bits per heavy atom. The third-order valence-electron chi connectivity index (χ3n) is 8.73. The maximum absolute atomic E-state index is 5.92. The van der Waals surface area contributed by atoms with Gasteiger partial charge in [0.25, 0.3) is 0 Å². The van der Waals surface area contributed by atoms with Crippen molar-refractivity contribution in [1.29, 1.82) is 0 Å². The third kappa shape index (κ3) is 6.22. The summed E-state index contributed by atoms with van der Waals surface area (Å²) in [5, 5.41) is 7.03. The van der Waals surface area contributed by atoms with Gasteiger partial charge in [-0.1, -0.05) is 12.1 Å². The minimum absolute atomic E-state index is 0.582. The summed E-state index contributed by atoms with van der Waals surface area (Å²) in [7, 11) is 3.30. The zero-order valence-electron chi connectivity index (χ0n) is 25.1. The molecular formula is C34H38N6O4. The van der Waals surface area contributed by atoms with Gasteiger partial charge in [-0.15, -0.1) is 0 Å². The lowest BCUT2D eigenvalue weighted by Gasteiger charge is -2.29. The van der Waals surface area contributed by atoms with Crippen molar-refractivity contribution in [3.63, 3.8) is 0 Å². The fourth-order valence-corrected chi connectivity index (χ4v) is 6.60. The Morgan fingerprint density at radius 3 is 1.43 bits per heavy atom. The summed E-state index contributed by atoms with van der Waals surface area (Å²) in [6.07, 6.45) is 9.77. The van der Waals surface area contributed by atoms with Gasteiger partial charge < -0.3 is 39.4 Å². The van der Waals surface area contributed by atoms with E-state index in [1.54, 1.807) is 26.6 Å². The number of methoxy groups -OCH3 is 2. The molecular weight excluding hydrogens is 556 g/mol. The summed E-state index contributed by atoms with van der Waals surface area (Å²) in [6, 6.07) is 21.7. The van der Waals surface area contributed by atoms with Crippen LogP contribution in [0.2, 0.25) is 0 Å². The molecule has 4 fully saturated rings. The molecule has 0 unspecified atom stereocenters. The molecule has 0 saturated carbocycles. The molecule has 4 saturated heterocycles. The third-order valence-corrected chi connectivity index (χ3v) is 8.73. The molecule has 10 heteroatoms. The Kier molecular flexibility index (Phi) is 8.08. The van der Waals surface area contributed by atoms with E-state index >= 15 is 0 Å². The minimum Gasteiger partial charge on any atom is -0.497 e. The Balaban J connectivity index is 0.000000142. The molecule has 10 nitrogen and oxygen atoms in total. The number of aromatic nitrogens is 2. The van der Waals surface area contributed by atoms with E-state index < -0.39 is 0 Å². The van der Waals surface area contributed by atoms with Gasteiger partial charge in [-0.25, -0.2) is 0 Å². The monoisotopic (exact) mass is 594 g/mol. The van der Waals surface area contributed by atoms with Crippen molar-refractivity contribution in [2.24, 2.45) is 0 Å². The second kappa shape index (κ2) is 12.6. The van der Waals surface area contributed by atoms with Crippen molar-refractivity contribution in [2.45, 2.75) is 37.0 Å². The number of pyridine rings is 2. The Morgan fingerprint density at radius 1 is 0.591 bits per heavy atom. The highest BCUT2D eigenvalue weighted by Gasteiger charge is 2.38. The predicted molar refractivity (Wildman–Crippen MR) is 170 cm³/mol. The van der Waals surface area contributed by atoms with Crippen molar-refractivity contribution in [1.82, 2.24) is 20.6 Å². The van der Waals surface area contributed by atoms with Gasteiger partial charge in [0.15, 0.2) is 0 Å². The second-order valence-corrected chi connectivity index (χ2v) is 11.6. The van der Waals surface area contributed by atoms with Crippen molar-refractivity contribution in [2.75, 3.05) is 50.2 Å². The first kappa shape index (κ1) is 28.2. The minimum atomic E-state index is 0.582. The Bertz CT molecular complexity index is 1470. The molecule has 44 heavy (non-hydrogen) atoms. The van der Waals surface area contributed by atoms with Gasteiger partial charge >= 0.3 is 0 Å². The lowest BCUT2D eigenvalue weighted by Crippen LogP contribution is -2.43. The van der Waals surface area contributed by atoms with Crippen LogP contribution in [0, 0.1) is 0 Å². The van der Waals surface area contributed by atoms with Crippen LogP contribution >= 0.6 is 0 Å². The number of anilines is 2. The fraction of sp³-hybridized carbons (Fsp3) is 0.353. The molecule has 2 N–H and O–H groups in total. The first-order valence-electron chi connectivity index (χ1n) is 15.2. The smallest absolute Gasteiger partial charge is 0.147 e. The van der Waals surface area contributed by atoms with Gasteiger partial charge in [0, 0.05) is 74.6 Å². The van der Waals surface area contributed by atoms with Gasteiger partial charge in [0.2, 0.25) is 0 Å². The highest BCUT2D eigenvalue weighted by atomic mass is 16.5. The van der Waals surface area contributed by atoms with Gasteiger partial charge in [0.05, 0.1) is 50.4 Å². The van der Waals surface area contributed by atoms with Crippen LogP contribution in [-0.4, -0.2) is 74.5 Å². The van der Waals surface area contributed by atoms with Gasteiger partial charge in [0.1, 0.15) is 34.5 Å². The van der Waals surface area contributed by atoms with E-state index in [-0.39, 0.29) is 0 Å². The molecule has 4 aliphatic rings. The van der Waals surface area contributed by atoms with Crippen molar-refractivity contribution in [3.8, 4) is 34.5 Å².